The van der Waals surface area contributed by atoms with Crippen LogP contribution in [0, 0.1) is 0 Å². The molecule has 0 saturated heterocycles. The number of halogens is 1. The van der Waals surface area contributed by atoms with Gasteiger partial charge in [0.15, 0.2) is 0 Å². The summed E-state index contributed by atoms with van der Waals surface area (Å²) in [5.41, 5.74) is 4.90. The highest BCUT2D eigenvalue weighted by molar-refractivity contribution is 9.10. The molecule has 35 heavy (non-hydrogen) atoms. The standard InChI is InChI=1S/C33H20BrN/c34-31-18-17-22(20-35-31)32-26-13-5-7-15-28(26)33(29-16-8-6-14-27(29)32)30-19-21-9-1-2-10-23(21)24-11-3-4-12-25(24)30/h1-20H. The normalized spacial score (nSPS) is 11.6. The molecule has 7 rings (SSSR count). The molecule has 0 saturated carbocycles. The zero-order chi connectivity index (χ0) is 23.4. The van der Waals surface area contributed by atoms with Crippen molar-refractivity contribution in [3.63, 3.8) is 0 Å². The number of nitrogens with zero attached hydrogens (tertiary/aromatic N) is 1. The molecule has 0 aliphatic heterocycles. The molecule has 2 heteroatoms. The molecule has 0 unspecified atom stereocenters. The van der Waals surface area contributed by atoms with Crippen molar-refractivity contribution >= 4 is 59.0 Å². The first-order chi connectivity index (χ1) is 17.3. The summed E-state index contributed by atoms with van der Waals surface area (Å²) >= 11 is 3.49. The number of fused-ring (bicyclic) bond motifs is 5. The fourth-order valence-corrected chi connectivity index (χ4v) is 5.75. The van der Waals surface area contributed by atoms with Gasteiger partial charge in [-0.25, -0.2) is 4.98 Å². The van der Waals surface area contributed by atoms with Gasteiger partial charge in [-0.3, -0.25) is 0 Å². The summed E-state index contributed by atoms with van der Waals surface area (Å²) in [6, 6.07) is 41.6. The van der Waals surface area contributed by atoms with Crippen LogP contribution in [-0.4, -0.2) is 4.98 Å². The highest BCUT2D eigenvalue weighted by Gasteiger charge is 2.18. The number of pyridine rings is 1. The van der Waals surface area contributed by atoms with Crippen LogP contribution in [0.2, 0.25) is 0 Å². The van der Waals surface area contributed by atoms with Crippen molar-refractivity contribution in [2.24, 2.45) is 0 Å². The Labute approximate surface area is 211 Å². The van der Waals surface area contributed by atoms with E-state index in [9.17, 15) is 0 Å². The van der Waals surface area contributed by atoms with E-state index in [-0.39, 0.29) is 0 Å². The maximum Gasteiger partial charge on any atom is 0.106 e. The molecule has 0 N–H and O–H groups in total. The van der Waals surface area contributed by atoms with Crippen LogP contribution in [0.25, 0.3) is 65.3 Å². The summed E-state index contributed by atoms with van der Waals surface area (Å²) in [6.07, 6.45) is 1.96. The lowest BCUT2D eigenvalue weighted by molar-refractivity contribution is 1.28. The van der Waals surface area contributed by atoms with Gasteiger partial charge in [-0.15, -0.1) is 0 Å². The van der Waals surface area contributed by atoms with Crippen LogP contribution >= 0.6 is 15.9 Å². The van der Waals surface area contributed by atoms with Crippen LogP contribution in [-0.2, 0) is 0 Å². The molecule has 1 nitrogen and oxygen atoms in total. The Morgan fingerprint density at radius 2 is 0.971 bits per heavy atom. The van der Waals surface area contributed by atoms with Gasteiger partial charge in [0.1, 0.15) is 4.60 Å². The summed E-state index contributed by atoms with van der Waals surface area (Å²) in [4.78, 5) is 4.54. The fourth-order valence-electron chi connectivity index (χ4n) is 5.51. The van der Waals surface area contributed by atoms with E-state index in [4.69, 9.17) is 0 Å². The molecule has 1 heterocycles. The SMILES string of the molecule is Brc1ccc(-c2c3ccccc3c(-c3cc4ccccc4c4ccccc34)c3ccccc23)cn1. The van der Waals surface area contributed by atoms with Crippen LogP contribution < -0.4 is 0 Å². The molecule has 0 bridgehead atoms. The molecular weight excluding hydrogens is 490 g/mol. The minimum Gasteiger partial charge on any atom is -0.249 e. The largest absolute Gasteiger partial charge is 0.249 e. The molecule has 164 valence electrons. The molecule has 0 fully saturated rings. The third kappa shape index (κ3) is 3.18. The third-order valence-corrected chi connectivity index (χ3v) is 7.45. The van der Waals surface area contributed by atoms with Crippen molar-refractivity contribution in [3.8, 4) is 22.3 Å². The summed E-state index contributed by atoms with van der Waals surface area (Å²) in [5.74, 6) is 0. The maximum atomic E-state index is 4.54. The second-order valence-electron chi connectivity index (χ2n) is 8.90. The summed E-state index contributed by atoms with van der Waals surface area (Å²) in [5, 5.41) is 10.1. The van der Waals surface area contributed by atoms with Crippen LogP contribution in [0.4, 0.5) is 0 Å². The zero-order valence-electron chi connectivity index (χ0n) is 18.9. The highest BCUT2D eigenvalue weighted by Crippen LogP contribution is 2.46. The Kier molecular flexibility index (Phi) is 4.68. The number of hydrogen-bond acceptors (Lipinski definition) is 1. The summed E-state index contributed by atoms with van der Waals surface area (Å²) in [6.45, 7) is 0. The van der Waals surface area contributed by atoms with Gasteiger partial charge >= 0.3 is 0 Å². The highest BCUT2D eigenvalue weighted by atomic mass is 79.9. The smallest absolute Gasteiger partial charge is 0.106 e. The number of benzene rings is 6. The number of aromatic nitrogens is 1. The summed E-state index contributed by atoms with van der Waals surface area (Å²) in [7, 11) is 0. The molecule has 7 aromatic rings. The van der Waals surface area contributed by atoms with E-state index in [2.05, 4.69) is 130 Å². The van der Waals surface area contributed by atoms with Crippen molar-refractivity contribution in [2.75, 3.05) is 0 Å². The van der Waals surface area contributed by atoms with E-state index in [0.717, 1.165) is 10.2 Å². The van der Waals surface area contributed by atoms with Gasteiger partial charge in [0.2, 0.25) is 0 Å². The van der Waals surface area contributed by atoms with Crippen molar-refractivity contribution < 1.29 is 0 Å². The Hall–Kier alpha value is -4.01. The van der Waals surface area contributed by atoms with E-state index in [1.165, 1.54) is 59.8 Å². The predicted octanol–water partition coefficient (Wildman–Crippen LogP) is 9.79. The molecule has 0 amide bonds. The van der Waals surface area contributed by atoms with Crippen molar-refractivity contribution in [1.29, 1.82) is 0 Å². The molecule has 0 atom stereocenters. The van der Waals surface area contributed by atoms with Gasteiger partial charge < -0.3 is 0 Å². The Morgan fingerprint density at radius 1 is 0.457 bits per heavy atom. The van der Waals surface area contributed by atoms with Gasteiger partial charge in [0, 0.05) is 11.8 Å². The van der Waals surface area contributed by atoms with Gasteiger partial charge in [-0.2, -0.15) is 0 Å². The second kappa shape index (κ2) is 8.04. The van der Waals surface area contributed by atoms with Crippen molar-refractivity contribution in [2.45, 2.75) is 0 Å². The second-order valence-corrected chi connectivity index (χ2v) is 9.71. The minimum absolute atomic E-state index is 0.842. The Bertz CT molecular complexity index is 1840. The lowest BCUT2D eigenvalue weighted by Gasteiger charge is -2.19. The molecule has 0 radical (unpaired) electrons. The van der Waals surface area contributed by atoms with Crippen LogP contribution in [0.15, 0.2) is 126 Å². The van der Waals surface area contributed by atoms with Crippen molar-refractivity contribution in [3.05, 3.63) is 126 Å². The average Bonchev–Trinajstić information content (AvgIpc) is 2.92. The predicted molar refractivity (Wildman–Crippen MR) is 153 cm³/mol. The topological polar surface area (TPSA) is 12.9 Å². The number of rotatable bonds is 2. The molecule has 0 spiro atoms. The van der Waals surface area contributed by atoms with E-state index >= 15 is 0 Å². The quantitative estimate of drug-likeness (QED) is 0.128. The van der Waals surface area contributed by atoms with Crippen molar-refractivity contribution in [1.82, 2.24) is 4.98 Å². The molecule has 1 aromatic heterocycles. The molecule has 6 aromatic carbocycles. The summed E-state index contributed by atoms with van der Waals surface area (Å²) < 4.78 is 0.842. The molecule has 0 aliphatic carbocycles. The number of hydrogen-bond donors (Lipinski definition) is 0. The Balaban J connectivity index is 1.70. The first kappa shape index (κ1) is 20.4. The molecular formula is C33H20BrN. The van der Waals surface area contributed by atoms with E-state index in [1.807, 2.05) is 12.3 Å². The maximum absolute atomic E-state index is 4.54. The van der Waals surface area contributed by atoms with Crippen LogP contribution in [0.3, 0.4) is 0 Å². The average molecular weight is 510 g/mol. The first-order valence-electron chi connectivity index (χ1n) is 11.8. The van der Waals surface area contributed by atoms with Gasteiger partial charge in [-0.1, -0.05) is 103 Å². The van der Waals surface area contributed by atoms with Gasteiger partial charge in [-0.05, 0) is 87.8 Å². The fraction of sp³-hybridized carbons (Fsp3) is 0. The first-order valence-corrected chi connectivity index (χ1v) is 12.5. The van der Waals surface area contributed by atoms with E-state index < -0.39 is 0 Å². The zero-order valence-corrected chi connectivity index (χ0v) is 20.5. The van der Waals surface area contributed by atoms with Gasteiger partial charge in [0.25, 0.3) is 0 Å². The lowest BCUT2D eigenvalue weighted by atomic mass is 9.84. The van der Waals surface area contributed by atoms with Crippen LogP contribution in [0.1, 0.15) is 0 Å². The monoisotopic (exact) mass is 509 g/mol. The van der Waals surface area contributed by atoms with Crippen LogP contribution in [0.5, 0.6) is 0 Å². The third-order valence-electron chi connectivity index (χ3n) is 6.98. The van der Waals surface area contributed by atoms with E-state index in [0.29, 0.717) is 0 Å². The molecule has 0 aliphatic rings. The minimum atomic E-state index is 0.842. The Morgan fingerprint density at radius 3 is 1.57 bits per heavy atom. The lowest BCUT2D eigenvalue weighted by Crippen LogP contribution is -1.92. The van der Waals surface area contributed by atoms with E-state index in [1.54, 1.807) is 0 Å². The van der Waals surface area contributed by atoms with Gasteiger partial charge in [0.05, 0.1) is 0 Å².